The number of aromatic amines is 1. The molecule has 1 saturated carbocycles. The Balaban J connectivity index is 1.21. The van der Waals surface area contributed by atoms with Gasteiger partial charge in [-0.1, -0.05) is 55.5 Å². The predicted molar refractivity (Wildman–Crippen MR) is 166 cm³/mol. The molecule has 7 rings (SSSR count). The number of hydrogen-bond donors (Lipinski definition) is 1. The van der Waals surface area contributed by atoms with Crippen LogP contribution >= 0.6 is 0 Å². The molecule has 1 aliphatic rings. The Morgan fingerprint density at radius 2 is 1.72 bits per heavy atom. The van der Waals surface area contributed by atoms with Crippen molar-refractivity contribution in [3.63, 3.8) is 0 Å². The highest BCUT2D eigenvalue weighted by molar-refractivity contribution is 6.12. The van der Waals surface area contributed by atoms with E-state index in [-0.39, 0.29) is 17.0 Å². The molecular formula is C36H30N4O3. The van der Waals surface area contributed by atoms with E-state index in [1.54, 1.807) is 12.4 Å². The van der Waals surface area contributed by atoms with Crippen LogP contribution in [-0.2, 0) is 5.41 Å². The molecule has 3 aromatic heterocycles. The average molecular weight is 567 g/mol. The lowest BCUT2D eigenvalue weighted by molar-refractivity contribution is 0.0965. The molecule has 0 unspecified atom stereocenters. The van der Waals surface area contributed by atoms with Crippen molar-refractivity contribution in [1.29, 1.82) is 0 Å². The lowest BCUT2D eigenvalue weighted by Gasteiger charge is -2.13. The van der Waals surface area contributed by atoms with Crippen LogP contribution < -0.4 is 0 Å². The van der Waals surface area contributed by atoms with E-state index in [9.17, 15) is 9.59 Å². The maximum absolute atomic E-state index is 13.7. The van der Waals surface area contributed by atoms with Gasteiger partial charge in [-0.05, 0) is 66.8 Å². The Labute approximate surface area is 249 Å². The minimum absolute atomic E-state index is 0.0317. The number of nitrogens with one attached hydrogen (secondary N) is 1. The van der Waals surface area contributed by atoms with Gasteiger partial charge < -0.3 is 4.42 Å². The molecule has 0 bridgehead atoms. The van der Waals surface area contributed by atoms with Crippen molar-refractivity contribution in [2.45, 2.75) is 44.9 Å². The molecule has 3 aromatic carbocycles. The topological polar surface area (TPSA) is 102 Å². The molecule has 0 aliphatic heterocycles. The summed E-state index contributed by atoms with van der Waals surface area (Å²) in [6.45, 7) is 3.90. The van der Waals surface area contributed by atoms with Crippen LogP contribution in [0, 0.1) is 6.92 Å². The molecule has 0 atom stereocenters. The first kappa shape index (κ1) is 26.7. The third-order valence-electron chi connectivity index (χ3n) is 8.45. The first-order chi connectivity index (χ1) is 21.0. The highest BCUT2D eigenvalue weighted by atomic mass is 16.3. The molecule has 0 saturated heterocycles. The first-order valence-corrected chi connectivity index (χ1v) is 14.6. The van der Waals surface area contributed by atoms with Crippen LogP contribution in [0.1, 0.15) is 64.7 Å². The second kappa shape index (κ2) is 10.6. The van der Waals surface area contributed by atoms with Gasteiger partial charge in [0.15, 0.2) is 17.4 Å². The third-order valence-corrected chi connectivity index (χ3v) is 8.45. The van der Waals surface area contributed by atoms with Gasteiger partial charge in [0.2, 0.25) is 0 Å². The number of furan rings is 1. The Morgan fingerprint density at radius 1 is 0.907 bits per heavy atom. The van der Waals surface area contributed by atoms with Gasteiger partial charge in [0.05, 0.1) is 5.56 Å². The van der Waals surface area contributed by atoms with Crippen molar-refractivity contribution >= 4 is 22.5 Å². The lowest BCUT2D eigenvalue weighted by Crippen LogP contribution is -2.15. The van der Waals surface area contributed by atoms with Crippen molar-refractivity contribution in [2.24, 2.45) is 0 Å². The van der Waals surface area contributed by atoms with Crippen LogP contribution in [-0.4, -0.2) is 31.7 Å². The van der Waals surface area contributed by atoms with Crippen LogP contribution in [0.5, 0.6) is 0 Å². The molecular weight excluding hydrogens is 536 g/mol. The van der Waals surface area contributed by atoms with Crippen LogP contribution in [0.25, 0.3) is 44.8 Å². The molecule has 43 heavy (non-hydrogen) atoms. The summed E-state index contributed by atoms with van der Waals surface area (Å²) in [6, 6.07) is 25.3. The van der Waals surface area contributed by atoms with Gasteiger partial charge >= 0.3 is 0 Å². The number of aromatic nitrogens is 4. The van der Waals surface area contributed by atoms with Crippen LogP contribution in [0.4, 0.5) is 0 Å². The minimum atomic E-state index is -0.325. The molecule has 0 amide bonds. The number of hydrogen-bond acceptors (Lipinski definition) is 6. The van der Waals surface area contributed by atoms with E-state index >= 15 is 0 Å². The Kier molecular flexibility index (Phi) is 6.58. The Morgan fingerprint density at radius 3 is 2.47 bits per heavy atom. The number of nitrogens with zero attached hydrogens (tertiary/aromatic N) is 3. The van der Waals surface area contributed by atoms with Crippen molar-refractivity contribution in [1.82, 2.24) is 20.2 Å². The third kappa shape index (κ3) is 4.87. The fraction of sp³-hybridized carbons (Fsp3) is 0.194. The van der Waals surface area contributed by atoms with E-state index in [1.807, 2.05) is 92.7 Å². The number of benzene rings is 3. The SMILES string of the molecule is CCC(=O)c1c(-c2ccccc2)oc2ccc(-c3cc(C(=O)CC4(c5nc(-c6cccnc6)n[nH]5)CC4)ccc3C)cc12. The lowest BCUT2D eigenvalue weighted by atomic mass is 9.91. The predicted octanol–water partition coefficient (Wildman–Crippen LogP) is 8.15. The monoisotopic (exact) mass is 566 g/mol. The molecule has 7 heteroatoms. The number of H-pyrrole nitrogens is 1. The summed E-state index contributed by atoms with van der Waals surface area (Å²) in [7, 11) is 0. The van der Waals surface area contributed by atoms with Crippen molar-refractivity contribution in [2.75, 3.05) is 0 Å². The number of carbonyl (C=O) groups is 2. The van der Waals surface area contributed by atoms with E-state index in [2.05, 4.69) is 15.2 Å². The maximum atomic E-state index is 13.7. The van der Waals surface area contributed by atoms with Gasteiger partial charge in [-0.25, -0.2) is 4.98 Å². The second-order valence-electron chi connectivity index (χ2n) is 11.3. The van der Waals surface area contributed by atoms with Crippen LogP contribution in [0.3, 0.4) is 0 Å². The van der Waals surface area contributed by atoms with E-state index in [0.29, 0.717) is 41.1 Å². The normalized spacial score (nSPS) is 13.7. The summed E-state index contributed by atoms with van der Waals surface area (Å²) in [5.41, 5.74) is 6.23. The average Bonchev–Trinajstić information content (AvgIpc) is 3.46. The highest BCUT2D eigenvalue weighted by Crippen LogP contribution is 2.50. The summed E-state index contributed by atoms with van der Waals surface area (Å²) in [5.74, 6) is 2.03. The van der Waals surface area contributed by atoms with Gasteiger partial charge in [-0.3, -0.25) is 19.7 Å². The number of pyridine rings is 1. The van der Waals surface area contributed by atoms with E-state index in [1.165, 1.54) is 0 Å². The van der Waals surface area contributed by atoms with Crippen molar-refractivity contribution in [3.05, 3.63) is 114 Å². The fourth-order valence-corrected chi connectivity index (χ4v) is 5.80. The quantitative estimate of drug-likeness (QED) is 0.177. The molecule has 7 nitrogen and oxygen atoms in total. The van der Waals surface area contributed by atoms with Gasteiger partial charge in [0.1, 0.15) is 17.2 Å². The second-order valence-corrected chi connectivity index (χ2v) is 11.3. The number of carbonyl (C=O) groups excluding carboxylic acids is 2. The van der Waals surface area contributed by atoms with E-state index in [4.69, 9.17) is 9.40 Å². The summed E-state index contributed by atoms with van der Waals surface area (Å²) in [4.78, 5) is 35.7. The largest absolute Gasteiger partial charge is 0.455 e. The molecule has 1 N–H and O–H groups in total. The van der Waals surface area contributed by atoms with Gasteiger partial charge in [0, 0.05) is 52.7 Å². The molecule has 1 fully saturated rings. The van der Waals surface area contributed by atoms with Gasteiger partial charge in [0.25, 0.3) is 0 Å². The summed E-state index contributed by atoms with van der Waals surface area (Å²) >= 11 is 0. The Bertz CT molecular complexity index is 1990. The standard InChI is InChI=1S/C36H30N4O3/c1-3-29(41)32-28-18-24(13-14-31(28)43-33(32)23-8-5-4-6-9-23)27-19-25(12-11-22(27)2)30(42)20-36(15-16-36)35-38-34(39-40-35)26-10-7-17-37-21-26/h4-14,17-19,21H,3,15-16,20H2,1-2H3,(H,38,39,40). The molecule has 1 aliphatic carbocycles. The molecule has 0 radical (unpaired) electrons. The molecule has 3 heterocycles. The van der Waals surface area contributed by atoms with E-state index in [0.717, 1.165) is 51.9 Å². The summed E-state index contributed by atoms with van der Waals surface area (Å²) < 4.78 is 6.23. The fourth-order valence-electron chi connectivity index (χ4n) is 5.80. The molecule has 212 valence electrons. The van der Waals surface area contributed by atoms with Crippen molar-refractivity contribution in [3.8, 4) is 33.8 Å². The molecule has 6 aromatic rings. The smallest absolute Gasteiger partial charge is 0.182 e. The summed E-state index contributed by atoms with van der Waals surface area (Å²) in [5, 5.41) is 8.26. The van der Waals surface area contributed by atoms with Crippen LogP contribution in [0.15, 0.2) is 95.7 Å². The zero-order valence-electron chi connectivity index (χ0n) is 24.1. The number of rotatable bonds is 9. The van der Waals surface area contributed by atoms with Gasteiger partial charge in [-0.2, -0.15) is 5.10 Å². The maximum Gasteiger partial charge on any atom is 0.182 e. The number of fused-ring (bicyclic) bond motifs is 1. The highest BCUT2D eigenvalue weighted by Gasteiger charge is 2.49. The van der Waals surface area contributed by atoms with Gasteiger partial charge in [-0.15, -0.1) is 0 Å². The minimum Gasteiger partial charge on any atom is -0.455 e. The first-order valence-electron chi connectivity index (χ1n) is 14.6. The van der Waals surface area contributed by atoms with Crippen molar-refractivity contribution < 1.29 is 14.0 Å². The number of Topliss-reactive ketones (excluding diaryl/α,β-unsaturated/α-hetero) is 2. The van der Waals surface area contributed by atoms with E-state index < -0.39 is 0 Å². The Hall–Kier alpha value is -5.17. The van der Waals surface area contributed by atoms with Crippen LogP contribution in [0.2, 0.25) is 0 Å². The molecule has 0 spiro atoms. The summed E-state index contributed by atoms with van der Waals surface area (Å²) in [6.07, 6.45) is 5.94. The zero-order valence-corrected chi connectivity index (χ0v) is 24.1. The number of ketones is 2. The zero-order chi connectivity index (χ0) is 29.6. The number of aryl methyl sites for hydroxylation is 1.